The zero-order valence-electron chi connectivity index (χ0n) is 17.5. The maximum Gasteiger partial charge on any atom is 0.343 e. The molecule has 2 amide bonds. The van der Waals surface area contributed by atoms with Crippen LogP contribution in [0, 0.1) is 13.8 Å². The molecular formula is C23H23NO6S. The Kier molecular flexibility index (Phi) is 7.36. The van der Waals surface area contributed by atoms with E-state index in [0.29, 0.717) is 10.7 Å². The lowest BCUT2D eigenvalue weighted by Crippen LogP contribution is -2.32. The Morgan fingerprint density at radius 1 is 1.06 bits per heavy atom. The number of imide groups is 1. The van der Waals surface area contributed by atoms with Crippen molar-refractivity contribution in [2.24, 2.45) is 0 Å². The summed E-state index contributed by atoms with van der Waals surface area (Å²) in [6.07, 6.45) is 1.65. The van der Waals surface area contributed by atoms with E-state index >= 15 is 0 Å². The van der Waals surface area contributed by atoms with Gasteiger partial charge in [-0.25, -0.2) is 4.79 Å². The normalized spacial score (nSPS) is 14.8. The number of carbonyl (C=O) groups is 3. The van der Waals surface area contributed by atoms with Crippen LogP contribution in [-0.2, 0) is 14.3 Å². The molecule has 8 heteroatoms. The van der Waals surface area contributed by atoms with Crippen molar-refractivity contribution in [3.05, 3.63) is 64.1 Å². The lowest BCUT2D eigenvalue weighted by Gasteiger charge is -2.14. The summed E-state index contributed by atoms with van der Waals surface area (Å²) in [7, 11) is 1.29. The van der Waals surface area contributed by atoms with Gasteiger partial charge in [0.25, 0.3) is 11.1 Å². The van der Waals surface area contributed by atoms with E-state index in [1.54, 1.807) is 30.3 Å². The lowest BCUT2D eigenvalue weighted by atomic mass is 10.1. The third-order valence-corrected chi connectivity index (χ3v) is 5.46. The van der Waals surface area contributed by atoms with Crippen LogP contribution in [0.25, 0.3) is 6.08 Å². The molecule has 3 rings (SSSR count). The molecule has 2 aromatic rings. The van der Waals surface area contributed by atoms with Crippen LogP contribution < -0.4 is 9.47 Å². The predicted octanol–water partition coefficient (Wildman–Crippen LogP) is 3.97. The van der Waals surface area contributed by atoms with Crippen LogP contribution in [0.1, 0.15) is 16.7 Å². The molecule has 0 bridgehead atoms. The third-order valence-electron chi connectivity index (χ3n) is 4.55. The highest BCUT2D eigenvalue weighted by molar-refractivity contribution is 8.18. The molecule has 0 radical (unpaired) electrons. The number of hydrogen-bond acceptors (Lipinski definition) is 7. The van der Waals surface area contributed by atoms with Crippen molar-refractivity contribution >= 4 is 35.0 Å². The molecule has 31 heavy (non-hydrogen) atoms. The van der Waals surface area contributed by atoms with Crippen molar-refractivity contribution in [2.45, 2.75) is 13.8 Å². The summed E-state index contributed by atoms with van der Waals surface area (Å²) in [5.74, 6) is 0.432. The molecule has 2 aromatic carbocycles. The molecule has 0 aliphatic carbocycles. The van der Waals surface area contributed by atoms with Gasteiger partial charge in [0.2, 0.25) is 0 Å². The van der Waals surface area contributed by atoms with Crippen molar-refractivity contribution in [1.29, 1.82) is 0 Å². The minimum Gasteiger partial charge on any atom is -0.491 e. The standard InChI is InChI=1S/C23H23NO6S/c1-15-4-5-16(2)19(12-15)29-11-10-24-22(26)20(31-23(24)27)13-17-6-8-18(9-7-17)30-14-21(25)28-3/h4-9,12-13H,10-11,14H2,1-3H3/b20-13-. The SMILES string of the molecule is COC(=O)COc1ccc(/C=C2\SC(=O)N(CCOc3cc(C)ccc3C)C2=O)cc1. The highest BCUT2D eigenvalue weighted by atomic mass is 32.2. The van der Waals surface area contributed by atoms with Crippen LogP contribution in [0.5, 0.6) is 11.5 Å². The van der Waals surface area contributed by atoms with E-state index in [-0.39, 0.29) is 30.9 Å². The number of ether oxygens (including phenoxy) is 3. The van der Waals surface area contributed by atoms with Crippen molar-refractivity contribution < 1.29 is 28.6 Å². The topological polar surface area (TPSA) is 82.1 Å². The maximum atomic E-state index is 12.6. The van der Waals surface area contributed by atoms with E-state index in [1.165, 1.54) is 12.0 Å². The largest absolute Gasteiger partial charge is 0.491 e. The fraction of sp³-hybridized carbons (Fsp3) is 0.261. The van der Waals surface area contributed by atoms with Crippen molar-refractivity contribution in [2.75, 3.05) is 26.9 Å². The van der Waals surface area contributed by atoms with E-state index in [2.05, 4.69) is 4.74 Å². The van der Waals surface area contributed by atoms with Gasteiger partial charge < -0.3 is 14.2 Å². The number of hydrogen-bond donors (Lipinski definition) is 0. The number of benzene rings is 2. The molecule has 7 nitrogen and oxygen atoms in total. The Hall–Kier alpha value is -3.26. The Morgan fingerprint density at radius 3 is 2.52 bits per heavy atom. The molecule has 1 fully saturated rings. The second-order valence-corrected chi connectivity index (χ2v) is 7.88. The van der Waals surface area contributed by atoms with Crippen LogP contribution in [0.4, 0.5) is 4.79 Å². The van der Waals surface area contributed by atoms with Crippen LogP contribution in [0.15, 0.2) is 47.4 Å². The van der Waals surface area contributed by atoms with Crippen molar-refractivity contribution in [3.63, 3.8) is 0 Å². The monoisotopic (exact) mass is 441 g/mol. The molecule has 1 aliphatic heterocycles. The minimum atomic E-state index is -0.473. The Morgan fingerprint density at radius 2 is 1.81 bits per heavy atom. The average Bonchev–Trinajstić information content (AvgIpc) is 3.02. The number of nitrogens with zero attached hydrogens (tertiary/aromatic N) is 1. The number of thioether (sulfide) groups is 1. The van der Waals surface area contributed by atoms with Gasteiger partial charge in [-0.2, -0.15) is 0 Å². The molecule has 0 N–H and O–H groups in total. The summed E-state index contributed by atoms with van der Waals surface area (Å²) in [6.45, 7) is 4.14. The van der Waals surface area contributed by atoms with Crippen molar-refractivity contribution in [3.8, 4) is 11.5 Å². The van der Waals surface area contributed by atoms with Gasteiger partial charge in [-0.1, -0.05) is 24.3 Å². The summed E-state index contributed by atoms with van der Waals surface area (Å²) in [6, 6.07) is 12.7. The van der Waals surface area contributed by atoms with E-state index < -0.39 is 5.97 Å². The van der Waals surface area contributed by atoms with Crippen LogP contribution in [0.3, 0.4) is 0 Å². The second-order valence-electron chi connectivity index (χ2n) is 6.88. The quantitative estimate of drug-likeness (QED) is 0.453. The number of esters is 1. The van der Waals surface area contributed by atoms with Crippen LogP contribution in [0.2, 0.25) is 0 Å². The Balaban J connectivity index is 1.58. The Labute approximate surface area is 185 Å². The van der Waals surface area contributed by atoms with Gasteiger partial charge in [-0.15, -0.1) is 0 Å². The van der Waals surface area contributed by atoms with Crippen LogP contribution in [-0.4, -0.2) is 48.9 Å². The number of methoxy groups -OCH3 is 1. The molecule has 0 atom stereocenters. The molecule has 1 saturated heterocycles. The van der Waals surface area contributed by atoms with Gasteiger partial charge >= 0.3 is 5.97 Å². The second kappa shape index (κ2) is 10.2. The first kappa shape index (κ1) is 22.4. The fourth-order valence-corrected chi connectivity index (χ4v) is 3.68. The van der Waals surface area contributed by atoms with Gasteiger partial charge in [-0.3, -0.25) is 14.5 Å². The molecule has 0 unspecified atom stereocenters. The first-order valence-corrected chi connectivity index (χ1v) is 10.4. The zero-order chi connectivity index (χ0) is 22.4. The first-order chi connectivity index (χ1) is 14.9. The highest BCUT2D eigenvalue weighted by Gasteiger charge is 2.34. The first-order valence-electron chi connectivity index (χ1n) is 9.62. The van der Waals surface area contributed by atoms with E-state index in [9.17, 15) is 14.4 Å². The maximum absolute atomic E-state index is 12.6. The number of carbonyl (C=O) groups excluding carboxylic acids is 3. The summed E-state index contributed by atoms with van der Waals surface area (Å²) >= 11 is 0.900. The smallest absolute Gasteiger partial charge is 0.343 e. The summed E-state index contributed by atoms with van der Waals surface area (Å²) in [4.78, 5) is 37.6. The Bertz CT molecular complexity index is 1020. The number of amides is 2. The summed E-state index contributed by atoms with van der Waals surface area (Å²) in [5.41, 5.74) is 2.82. The van der Waals surface area contributed by atoms with Gasteiger partial charge in [-0.05, 0) is 66.6 Å². The predicted molar refractivity (Wildman–Crippen MR) is 118 cm³/mol. The van der Waals surface area contributed by atoms with Gasteiger partial charge in [0.05, 0.1) is 18.6 Å². The summed E-state index contributed by atoms with van der Waals surface area (Å²) in [5, 5.41) is -0.321. The van der Waals surface area contributed by atoms with Gasteiger partial charge in [0, 0.05) is 0 Å². The average molecular weight is 442 g/mol. The highest BCUT2D eigenvalue weighted by Crippen LogP contribution is 2.32. The molecule has 1 heterocycles. The fourth-order valence-electron chi connectivity index (χ4n) is 2.82. The molecule has 0 aromatic heterocycles. The van der Waals surface area contributed by atoms with E-state index in [4.69, 9.17) is 9.47 Å². The molecule has 162 valence electrons. The lowest BCUT2D eigenvalue weighted by molar-refractivity contribution is -0.142. The summed E-state index contributed by atoms with van der Waals surface area (Å²) < 4.78 is 15.6. The van der Waals surface area contributed by atoms with Crippen molar-refractivity contribution in [1.82, 2.24) is 4.90 Å². The third kappa shape index (κ3) is 5.88. The van der Waals surface area contributed by atoms with Gasteiger partial charge in [0.15, 0.2) is 6.61 Å². The molecule has 1 aliphatic rings. The molecular weight excluding hydrogens is 418 g/mol. The number of rotatable bonds is 8. The van der Waals surface area contributed by atoms with Crippen LogP contribution >= 0.6 is 11.8 Å². The molecule has 0 saturated carbocycles. The van der Waals surface area contributed by atoms with Gasteiger partial charge in [0.1, 0.15) is 18.1 Å². The van der Waals surface area contributed by atoms with E-state index in [0.717, 1.165) is 34.2 Å². The van der Waals surface area contributed by atoms with E-state index in [1.807, 2.05) is 32.0 Å². The minimum absolute atomic E-state index is 0.176. The zero-order valence-corrected chi connectivity index (χ0v) is 18.4. The molecule has 0 spiro atoms. The number of aryl methyl sites for hydroxylation is 2.